The van der Waals surface area contributed by atoms with Crippen molar-refractivity contribution in [1.29, 1.82) is 0 Å². The van der Waals surface area contributed by atoms with E-state index >= 15 is 0 Å². The predicted octanol–water partition coefficient (Wildman–Crippen LogP) is 2.00. The third kappa shape index (κ3) is 3.92. The second kappa shape index (κ2) is 7.22. The van der Waals surface area contributed by atoms with Crippen LogP contribution in [0.1, 0.15) is 13.3 Å². The van der Waals surface area contributed by atoms with Gasteiger partial charge in [-0.15, -0.1) is 0 Å². The molecule has 0 spiro atoms. The monoisotopic (exact) mass is 390 g/mol. The Labute approximate surface area is 158 Å². The fourth-order valence-electron chi connectivity index (χ4n) is 3.41. The Hall–Kier alpha value is -2.55. The molecule has 8 nitrogen and oxygen atoms in total. The van der Waals surface area contributed by atoms with Crippen LogP contribution in [0.25, 0.3) is 0 Å². The number of hydrogen-bond acceptors (Lipinski definition) is 8. The van der Waals surface area contributed by atoms with Gasteiger partial charge in [-0.2, -0.15) is 4.98 Å². The summed E-state index contributed by atoms with van der Waals surface area (Å²) in [6, 6.07) is 7.33. The van der Waals surface area contributed by atoms with E-state index in [1.165, 1.54) is 0 Å². The number of sulfone groups is 1. The molecule has 1 aromatic carbocycles. The van der Waals surface area contributed by atoms with Gasteiger partial charge in [0, 0.05) is 30.5 Å². The average Bonchev–Trinajstić information content (AvgIpc) is 3.02. The van der Waals surface area contributed by atoms with Crippen molar-refractivity contribution in [3.05, 3.63) is 30.5 Å². The molecule has 144 valence electrons. The number of fused-ring (bicyclic) bond motifs is 1. The molecule has 9 heteroatoms. The van der Waals surface area contributed by atoms with E-state index in [1.54, 1.807) is 12.3 Å². The maximum atomic E-state index is 11.8. The van der Waals surface area contributed by atoms with E-state index in [0.29, 0.717) is 43.7 Å². The van der Waals surface area contributed by atoms with E-state index in [4.69, 9.17) is 9.47 Å². The van der Waals surface area contributed by atoms with Crippen LogP contribution in [-0.2, 0) is 9.84 Å². The predicted molar refractivity (Wildman–Crippen MR) is 103 cm³/mol. The number of rotatable bonds is 5. The molecular formula is C18H22N4O4S. The van der Waals surface area contributed by atoms with Gasteiger partial charge in [0.15, 0.2) is 21.3 Å². The Bertz CT molecular complexity index is 935. The lowest BCUT2D eigenvalue weighted by Crippen LogP contribution is -2.37. The lowest BCUT2D eigenvalue weighted by Gasteiger charge is -2.27. The molecule has 1 saturated heterocycles. The highest BCUT2D eigenvalue weighted by Gasteiger charge is 2.32. The summed E-state index contributed by atoms with van der Waals surface area (Å²) in [4.78, 5) is 10.9. The van der Waals surface area contributed by atoms with Gasteiger partial charge in [-0.1, -0.05) is 0 Å². The number of benzene rings is 1. The van der Waals surface area contributed by atoms with Gasteiger partial charge in [-0.25, -0.2) is 13.4 Å². The van der Waals surface area contributed by atoms with Crippen molar-refractivity contribution in [3.8, 4) is 11.5 Å². The first-order chi connectivity index (χ1) is 13.0. The zero-order valence-electron chi connectivity index (χ0n) is 15.1. The highest BCUT2D eigenvalue weighted by Crippen LogP contribution is 2.33. The summed E-state index contributed by atoms with van der Waals surface area (Å²) in [5, 5.41) is 3.25. The molecule has 3 heterocycles. The Morgan fingerprint density at radius 3 is 2.78 bits per heavy atom. The van der Waals surface area contributed by atoms with Crippen LogP contribution < -0.4 is 19.7 Å². The van der Waals surface area contributed by atoms with Crippen molar-refractivity contribution in [2.75, 3.05) is 41.5 Å². The van der Waals surface area contributed by atoms with E-state index in [-0.39, 0.29) is 17.5 Å². The van der Waals surface area contributed by atoms with Crippen LogP contribution >= 0.6 is 0 Å². The fraction of sp³-hybridized carbons (Fsp3) is 0.444. The standard InChI is InChI=1S/C18H22N4O4S/c1-2-22(14-6-10-27(23,24)12-14)18-19-7-5-17(21-18)20-13-3-4-15-16(11-13)26-9-8-25-15/h3-5,7,11,14H,2,6,8-10,12H2,1H3,(H,19,20,21). The molecule has 2 aromatic rings. The lowest BCUT2D eigenvalue weighted by molar-refractivity contribution is 0.171. The SMILES string of the molecule is CCN(c1nccc(Nc2ccc3c(c2)OCCO3)n1)C1CCS(=O)(=O)C1. The van der Waals surface area contributed by atoms with Gasteiger partial charge in [0.1, 0.15) is 19.0 Å². The lowest BCUT2D eigenvalue weighted by atomic mass is 10.2. The maximum absolute atomic E-state index is 11.8. The minimum absolute atomic E-state index is 0.0791. The molecule has 1 unspecified atom stereocenters. The van der Waals surface area contributed by atoms with Crippen molar-refractivity contribution in [2.24, 2.45) is 0 Å². The summed E-state index contributed by atoms with van der Waals surface area (Å²) in [6.07, 6.45) is 2.29. The molecule has 0 radical (unpaired) electrons. The van der Waals surface area contributed by atoms with Gasteiger partial charge in [-0.05, 0) is 31.5 Å². The summed E-state index contributed by atoms with van der Waals surface area (Å²) in [5.41, 5.74) is 0.829. The van der Waals surface area contributed by atoms with E-state index in [2.05, 4.69) is 15.3 Å². The minimum atomic E-state index is -2.96. The quantitative estimate of drug-likeness (QED) is 0.829. The number of nitrogens with zero attached hydrogens (tertiary/aromatic N) is 3. The Morgan fingerprint density at radius 2 is 2.04 bits per heavy atom. The zero-order valence-corrected chi connectivity index (χ0v) is 15.9. The molecule has 1 aromatic heterocycles. The molecule has 27 heavy (non-hydrogen) atoms. The van der Waals surface area contributed by atoms with Crippen molar-refractivity contribution in [1.82, 2.24) is 9.97 Å². The zero-order chi connectivity index (χ0) is 18.9. The van der Waals surface area contributed by atoms with Crippen LogP contribution in [0, 0.1) is 0 Å². The first kappa shape index (κ1) is 17.8. The molecular weight excluding hydrogens is 368 g/mol. The normalized spacial score (nSPS) is 20.3. The van der Waals surface area contributed by atoms with Gasteiger partial charge in [0.25, 0.3) is 0 Å². The van der Waals surface area contributed by atoms with Crippen LogP contribution in [0.5, 0.6) is 11.5 Å². The van der Waals surface area contributed by atoms with Crippen molar-refractivity contribution < 1.29 is 17.9 Å². The Kier molecular flexibility index (Phi) is 4.77. The highest BCUT2D eigenvalue weighted by molar-refractivity contribution is 7.91. The van der Waals surface area contributed by atoms with E-state index in [1.807, 2.05) is 30.0 Å². The molecule has 2 aliphatic heterocycles. The van der Waals surface area contributed by atoms with Gasteiger partial charge in [0.2, 0.25) is 5.95 Å². The summed E-state index contributed by atoms with van der Waals surface area (Å²) < 4.78 is 34.8. The first-order valence-electron chi connectivity index (χ1n) is 9.01. The summed E-state index contributed by atoms with van der Waals surface area (Å²) in [6.45, 7) is 3.71. The number of aromatic nitrogens is 2. The fourth-order valence-corrected chi connectivity index (χ4v) is 5.14. The van der Waals surface area contributed by atoms with Crippen molar-refractivity contribution in [2.45, 2.75) is 19.4 Å². The van der Waals surface area contributed by atoms with E-state index < -0.39 is 9.84 Å². The number of ether oxygens (including phenoxy) is 2. The number of nitrogens with one attached hydrogen (secondary N) is 1. The van der Waals surface area contributed by atoms with Gasteiger partial charge < -0.3 is 19.7 Å². The minimum Gasteiger partial charge on any atom is -0.486 e. The number of hydrogen-bond donors (Lipinski definition) is 1. The van der Waals surface area contributed by atoms with Crippen LogP contribution in [0.2, 0.25) is 0 Å². The Morgan fingerprint density at radius 1 is 1.22 bits per heavy atom. The second-order valence-corrected chi connectivity index (χ2v) is 8.80. The average molecular weight is 390 g/mol. The van der Waals surface area contributed by atoms with Crippen LogP contribution in [-0.4, -0.2) is 55.7 Å². The van der Waals surface area contributed by atoms with Gasteiger partial charge in [0.05, 0.1) is 11.5 Å². The van der Waals surface area contributed by atoms with Crippen molar-refractivity contribution in [3.63, 3.8) is 0 Å². The van der Waals surface area contributed by atoms with Crippen LogP contribution in [0.15, 0.2) is 30.5 Å². The summed E-state index contributed by atoms with van der Waals surface area (Å²) in [7, 11) is -2.96. The maximum Gasteiger partial charge on any atom is 0.227 e. The molecule has 1 N–H and O–H groups in total. The summed E-state index contributed by atoms with van der Waals surface area (Å²) in [5.74, 6) is 2.98. The first-order valence-corrected chi connectivity index (χ1v) is 10.8. The van der Waals surface area contributed by atoms with Gasteiger partial charge in [-0.3, -0.25) is 0 Å². The van der Waals surface area contributed by atoms with E-state index in [9.17, 15) is 8.42 Å². The molecule has 1 atom stereocenters. The molecule has 0 bridgehead atoms. The number of anilines is 3. The van der Waals surface area contributed by atoms with E-state index in [0.717, 1.165) is 11.4 Å². The third-order valence-corrected chi connectivity index (χ3v) is 6.45. The second-order valence-electron chi connectivity index (χ2n) is 6.57. The topological polar surface area (TPSA) is 93.7 Å². The molecule has 1 fully saturated rings. The van der Waals surface area contributed by atoms with Crippen LogP contribution in [0.3, 0.4) is 0 Å². The smallest absolute Gasteiger partial charge is 0.227 e. The molecule has 0 amide bonds. The van der Waals surface area contributed by atoms with Crippen molar-refractivity contribution >= 4 is 27.3 Å². The molecule has 2 aliphatic rings. The van der Waals surface area contributed by atoms with Crippen LogP contribution in [0.4, 0.5) is 17.5 Å². The highest BCUT2D eigenvalue weighted by atomic mass is 32.2. The Balaban J connectivity index is 1.53. The molecule has 0 saturated carbocycles. The third-order valence-electron chi connectivity index (χ3n) is 4.70. The molecule has 4 rings (SSSR count). The summed E-state index contributed by atoms with van der Waals surface area (Å²) >= 11 is 0. The largest absolute Gasteiger partial charge is 0.486 e. The molecule has 0 aliphatic carbocycles. The van der Waals surface area contributed by atoms with Gasteiger partial charge >= 0.3 is 0 Å².